The lowest BCUT2D eigenvalue weighted by Crippen LogP contribution is -2.22. The minimum Gasteiger partial charge on any atom is -0.494 e. The van der Waals surface area contributed by atoms with E-state index in [0.29, 0.717) is 6.61 Å². The van der Waals surface area contributed by atoms with Crippen LogP contribution < -0.4 is 15.0 Å². The molecule has 3 nitrogen and oxygen atoms in total. The second-order valence-corrected chi connectivity index (χ2v) is 6.51. The van der Waals surface area contributed by atoms with Crippen LogP contribution in [0.1, 0.15) is 23.1 Å². The minimum absolute atomic E-state index is 0.712. The highest BCUT2D eigenvalue weighted by atomic mass is 16.5. The zero-order valence-electron chi connectivity index (χ0n) is 15.1. The average molecular weight is 336 g/mol. The minimum atomic E-state index is 0.712. The van der Waals surface area contributed by atoms with E-state index in [0.717, 1.165) is 44.6 Å². The van der Waals surface area contributed by atoms with Gasteiger partial charge in [0.05, 0.1) is 6.61 Å². The van der Waals surface area contributed by atoms with E-state index in [4.69, 9.17) is 4.74 Å². The van der Waals surface area contributed by atoms with Crippen molar-refractivity contribution in [2.75, 3.05) is 31.1 Å². The molecule has 25 heavy (non-hydrogen) atoms. The largest absolute Gasteiger partial charge is 0.494 e. The zero-order valence-corrected chi connectivity index (χ0v) is 15.1. The van der Waals surface area contributed by atoms with Crippen LogP contribution in [0, 0.1) is 6.92 Å². The Morgan fingerprint density at radius 2 is 1.92 bits per heavy atom. The van der Waals surface area contributed by atoms with Crippen LogP contribution in [0.2, 0.25) is 0 Å². The molecule has 1 N–H and O–H groups in total. The molecule has 3 heteroatoms. The first-order valence-electron chi connectivity index (χ1n) is 9.18. The van der Waals surface area contributed by atoms with Crippen LogP contribution in [0.25, 0.3) is 0 Å². The summed E-state index contributed by atoms with van der Waals surface area (Å²) < 4.78 is 5.83. The van der Waals surface area contributed by atoms with Crippen molar-refractivity contribution < 1.29 is 4.74 Å². The van der Waals surface area contributed by atoms with Gasteiger partial charge >= 0.3 is 0 Å². The van der Waals surface area contributed by atoms with Gasteiger partial charge in [-0.25, -0.2) is 0 Å². The number of anilines is 1. The third kappa shape index (κ3) is 4.43. The van der Waals surface area contributed by atoms with Gasteiger partial charge in [-0.2, -0.15) is 0 Å². The molecule has 0 spiro atoms. The summed E-state index contributed by atoms with van der Waals surface area (Å²) in [5.74, 6) is 0.934. The highest BCUT2D eigenvalue weighted by molar-refractivity contribution is 5.64. The number of nitrogens with zero attached hydrogens (tertiary/aromatic N) is 1. The SMILES string of the molecule is C=CN(CCCOc1ccccc1)c1c(C)ccc2c1CCNCC2. The van der Waals surface area contributed by atoms with Gasteiger partial charge in [-0.3, -0.25) is 0 Å². The number of rotatable bonds is 7. The molecule has 0 fully saturated rings. The number of hydrogen-bond acceptors (Lipinski definition) is 3. The monoisotopic (exact) mass is 336 g/mol. The summed E-state index contributed by atoms with van der Waals surface area (Å²) in [6.45, 7) is 10.00. The van der Waals surface area contributed by atoms with Gasteiger partial charge < -0.3 is 15.0 Å². The molecule has 0 aromatic heterocycles. The summed E-state index contributed by atoms with van der Waals surface area (Å²) in [5, 5.41) is 3.50. The maximum absolute atomic E-state index is 5.83. The van der Waals surface area contributed by atoms with E-state index in [1.54, 1.807) is 0 Å². The molecule has 0 aliphatic carbocycles. The van der Waals surface area contributed by atoms with Crippen LogP contribution in [0.15, 0.2) is 55.2 Å². The zero-order chi connectivity index (χ0) is 17.5. The Hall–Kier alpha value is -2.26. The lowest BCUT2D eigenvalue weighted by molar-refractivity contribution is 0.313. The summed E-state index contributed by atoms with van der Waals surface area (Å²) in [4.78, 5) is 2.30. The normalized spacial score (nSPS) is 13.6. The number of aryl methyl sites for hydroxylation is 1. The van der Waals surface area contributed by atoms with E-state index in [2.05, 4.69) is 35.9 Å². The summed E-state index contributed by atoms with van der Waals surface area (Å²) in [6.07, 6.45) is 5.10. The van der Waals surface area contributed by atoms with Gasteiger partial charge in [0.25, 0.3) is 0 Å². The van der Waals surface area contributed by atoms with Crippen molar-refractivity contribution in [1.29, 1.82) is 0 Å². The van der Waals surface area contributed by atoms with Gasteiger partial charge in [0.2, 0.25) is 0 Å². The molecule has 3 rings (SSSR count). The Bertz CT molecular complexity index is 697. The molecular formula is C22H28N2O. The highest BCUT2D eigenvalue weighted by Gasteiger charge is 2.17. The Kier molecular flexibility index (Phi) is 6.13. The number of para-hydroxylation sites is 1. The van der Waals surface area contributed by atoms with Crippen molar-refractivity contribution in [3.05, 3.63) is 71.9 Å². The fraction of sp³-hybridized carbons (Fsp3) is 0.364. The molecule has 1 heterocycles. The van der Waals surface area contributed by atoms with Crippen LogP contribution in [-0.4, -0.2) is 26.2 Å². The average Bonchev–Trinajstić information content (AvgIpc) is 2.89. The molecule has 1 aliphatic rings. The smallest absolute Gasteiger partial charge is 0.119 e. The first-order valence-corrected chi connectivity index (χ1v) is 9.18. The molecule has 0 atom stereocenters. The molecular weight excluding hydrogens is 308 g/mol. The Morgan fingerprint density at radius 3 is 2.72 bits per heavy atom. The maximum atomic E-state index is 5.83. The second-order valence-electron chi connectivity index (χ2n) is 6.51. The molecule has 2 aromatic rings. The van der Waals surface area contributed by atoms with Crippen molar-refractivity contribution >= 4 is 5.69 Å². The molecule has 0 amide bonds. The Balaban J connectivity index is 1.67. The summed E-state index contributed by atoms with van der Waals surface area (Å²) in [6, 6.07) is 14.5. The van der Waals surface area contributed by atoms with E-state index in [1.807, 2.05) is 36.5 Å². The van der Waals surface area contributed by atoms with E-state index >= 15 is 0 Å². The number of fused-ring (bicyclic) bond motifs is 1. The van der Waals surface area contributed by atoms with E-state index < -0.39 is 0 Å². The van der Waals surface area contributed by atoms with Gasteiger partial charge in [-0.15, -0.1) is 0 Å². The Labute approximate surface area is 151 Å². The highest BCUT2D eigenvalue weighted by Crippen LogP contribution is 2.30. The number of benzene rings is 2. The van der Waals surface area contributed by atoms with E-state index in [9.17, 15) is 0 Å². The molecule has 0 saturated carbocycles. The van der Waals surface area contributed by atoms with Crippen LogP contribution in [0.5, 0.6) is 5.75 Å². The summed E-state index contributed by atoms with van der Waals surface area (Å²) in [5.41, 5.74) is 5.62. The molecule has 0 bridgehead atoms. The van der Waals surface area contributed by atoms with Crippen molar-refractivity contribution in [2.24, 2.45) is 0 Å². The molecule has 1 aliphatic heterocycles. The number of hydrogen-bond donors (Lipinski definition) is 1. The number of nitrogens with one attached hydrogen (secondary N) is 1. The third-order valence-corrected chi connectivity index (χ3v) is 4.77. The van der Waals surface area contributed by atoms with Gasteiger partial charge in [0.15, 0.2) is 0 Å². The van der Waals surface area contributed by atoms with Crippen LogP contribution >= 0.6 is 0 Å². The van der Waals surface area contributed by atoms with Crippen molar-refractivity contribution in [1.82, 2.24) is 5.32 Å². The summed E-state index contributed by atoms with van der Waals surface area (Å²) in [7, 11) is 0. The number of ether oxygens (including phenoxy) is 1. The predicted octanol–water partition coefficient (Wildman–Crippen LogP) is 4.10. The molecule has 0 unspecified atom stereocenters. The van der Waals surface area contributed by atoms with Crippen LogP contribution in [0.3, 0.4) is 0 Å². The first-order chi connectivity index (χ1) is 12.3. The van der Waals surface area contributed by atoms with Crippen LogP contribution in [-0.2, 0) is 12.8 Å². The van der Waals surface area contributed by atoms with Gasteiger partial charge in [0.1, 0.15) is 5.75 Å². The molecule has 0 radical (unpaired) electrons. The van der Waals surface area contributed by atoms with Gasteiger partial charge in [0, 0.05) is 12.2 Å². The maximum Gasteiger partial charge on any atom is 0.119 e. The van der Waals surface area contributed by atoms with E-state index in [1.165, 1.54) is 22.4 Å². The molecule has 132 valence electrons. The topological polar surface area (TPSA) is 24.5 Å². The van der Waals surface area contributed by atoms with Crippen LogP contribution in [0.4, 0.5) is 5.69 Å². The Morgan fingerprint density at radius 1 is 1.12 bits per heavy atom. The van der Waals surface area contributed by atoms with Crippen molar-refractivity contribution in [3.8, 4) is 5.75 Å². The van der Waals surface area contributed by atoms with Gasteiger partial charge in [-0.05, 0) is 74.3 Å². The standard InChI is InChI=1S/C22H28N2O/c1-3-24(16-7-17-25-20-8-5-4-6-9-20)22-18(2)10-11-19-12-14-23-15-13-21(19)22/h3-6,8-11,23H,1,7,12-17H2,2H3. The fourth-order valence-electron chi connectivity index (χ4n) is 3.51. The lowest BCUT2D eigenvalue weighted by Gasteiger charge is -2.26. The second kappa shape index (κ2) is 8.72. The fourth-order valence-corrected chi connectivity index (χ4v) is 3.51. The first kappa shape index (κ1) is 17.6. The molecule has 0 saturated heterocycles. The lowest BCUT2D eigenvalue weighted by atomic mass is 9.96. The van der Waals surface area contributed by atoms with Gasteiger partial charge in [-0.1, -0.05) is 36.9 Å². The molecule has 2 aromatic carbocycles. The predicted molar refractivity (Wildman–Crippen MR) is 106 cm³/mol. The van der Waals surface area contributed by atoms with Crippen molar-refractivity contribution in [3.63, 3.8) is 0 Å². The third-order valence-electron chi connectivity index (χ3n) is 4.77. The summed E-state index contributed by atoms with van der Waals surface area (Å²) >= 11 is 0. The quantitative estimate of drug-likeness (QED) is 0.770. The van der Waals surface area contributed by atoms with Crippen molar-refractivity contribution in [2.45, 2.75) is 26.2 Å². The van der Waals surface area contributed by atoms with E-state index in [-0.39, 0.29) is 0 Å².